The summed E-state index contributed by atoms with van der Waals surface area (Å²) < 4.78 is 9.86. The van der Waals surface area contributed by atoms with E-state index in [9.17, 15) is 14.4 Å². The first-order valence-electron chi connectivity index (χ1n) is 4.68. The number of carbonyl (C=O) groups excluding carboxylic acids is 3. The molecule has 0 aromatic heterocycles. The van der Waals surface area contributed by atoms with E-state index >= 15 is 0 Å². The molecule has 7 heteroatoms. The van der Waals surface area contributed by atoms with Gasteiger partial charge < -0.3 is 14.1 Å². The van der Waals surface area contributed by atoms with Gasteiger partial charge in [-0.25, -0.2) is 0 Å². The second-order valence-corrected chi connectivity index (χ2v) is 4.72. The van der Waals surface area contributed by atoms with Gasteiger partial charge in [0.2, 0.25) is 0 Å². The monoisotopic (exact) mass is 228 g/mol. The Morgan fingerprint density at radius 1 is 1.40 bits per heavy atom. The van der Waals surface area contributed by atoms with Crippen LogP contribution in [0, 0.1) is 5.82 Å². The number of hydrogen-bond acceptors (Lipinski definition) is 6. The first-order chi connectivity index (χ1) is 7.08. The lowest BCUT2D eigenvalue weighted by molar-refractivity contribution is -0.138. The predicted molar refractivity (Wildman–Crippen MR) is 53.9 cm³/mol. The van der Waals surface area contributed by atoms with Crippen LogP contribution in [0.15, 0.2) is 0 Å². The molecule has 0 aromatic carbocycles. The maximum atomic E-state index is 11.8. The summed E-state index contributed by atoms with van der Waals surface area (Å²) in [5, 5.41) is -0.357. The van der Waals surface area contributed by atoms with Crippen LogP contribution in [-0.4, -0.2) is 29.3 Å². The highest BCUT2D eigenvalue weighted by atomic mass is 32.2. The van der Waals surface area contributed by atoms with E-state index in [0.717, 1.165) is 11.8 Å². The number of thioether (sulfide) groups is 1. The van der Waals surface area contributed by atoms with E-state index in [-0.39, 0.29) is 17.9 Å². The molecule has 0 amide bonds. The second-order valence-electron chi connectivity index (χ2n) is 3.46. The molecule has 80 valence electrons. The highest BCUT2D eigenvalue weighted by Gasteiger charge is 2.69. The second kappa shape index (κ2) is 3.48. The van der Waals surface area contributed by atoms with Gasteiger partial charge in [-0.15, -0.1) is 11.8 Å². The quantitative estimate of drug-likeness (QED) is 0.516. The zero-order valence-corrected chi connectivity index (χ0v) is 8.96. The third kappa shape index (κ3) is 1.50. The molecule has 2 aliphatic heterocycles. The Hall–Kier alpha value is -1.11. The zero-order valence-electron chi connectivity index (χ0n) is 8.15. The molecule has 2 saturated heterocycles. The zero-order chi connectivity index (χ0) is 11.1. The van der Waals surface area contributed by atoms with Gasteiger partial charge >= 0.3 is 18.5 Å². The molecule has 0 aliphatic carbocycles. The third-order valence-corrected chi connectivity index (χ3v) is 3.36. The summed E-state index contributed by atoms with van der Waals surface area (Å²) in [5.41, 5.74) is 0. The van der Waals surface area contributed by atoms with E-state index in [1.54, 1.807) is 0 Å². The summed E-state index contributed by atoms with van der Waals surface area (Å²) in [6.45, 7) is -0.615. The molecule has 2 fully saturated rings. The molecule has 0 spiro atoms. The Kier molecular flexibility index (Phi) is 2.42. The van der Waals surface area contributed by atoms with Crippen molar-refractivity contribution in [2.75, 3.05) is 5.75 Å². The van der Waals surface area contributed by atoms with Crippen LogP contribution in [0.2, 0.25) is 0 Å². The van der Waals surface area contributed by atoms with Gasteiger partial charge in [-0.1, -0.05) is 6.92 Å². The molecule has 2 heterocycles. The number of rotatable bonds is 2. The van der Waals surface area contributed by atoms with Gasteiger partial charge in [-0.3, -0.25) is 9.59 Å². The first-order valence-corrected chi connectivity index (χ1v) is 5.67. The van der Waals surface area contributed by atoms with Gasteiger partial charge in [-0.2, -0.15) is 0 Å². The van der Waals surface area contributed by atoms with Crippen LogP contribution >= 0.6 is 11.8 Å². The lowest BCUT2D eigenvalue weighted by Crippen LogP contribution is -2.47. The van der Waals surface area contributed by atoms with Crippen molar-refractivity contribution >= 4 is 35.3 Å². The average Bonchev–Trinajstić information content (AvgIpc) is 2.57. The smallest absolute Gasteiger partial charge is 0.607 e. The Labute approximate surface area is 90.8 Å². The van der Waals surface area contributed by atoms with Crippen LogP contribution in [0.1, 0.15) is 19.8 Å². The predicted octanol–water partition coefficient (Wildman–Crippen LogP) is 0.891. The van der Waals surface area contributed by atoms with Gasteiger partial charge in [-0.05, 0) is 5.75 Å². The lowest BCUT2D eigenvalue weighted by Gasteiger charge is -2.22. The molecule has 0 unspecified atom stereocenters. The van der Waals surface area contributed by atoms with Crippen molar-refractivity contribution in [3.8, 4) is 0 Å². The van der Waals surface area contributed by atoms with Gasteiger partial charge in [0, 0.05) is 5.82 Å². The summed E-state index contributed by atoms with van der Waals surface area (Å²) >= 11 is 1.01. The maximum Gasteiger partial charge on any atom is 0.633 e. The molecule has 2 rings (SSSR count). The van der Waals surface area contributed by atoms with Crippen LogP contribution in [-0.2, 0) is 18.9 Å². The molecule has 15 heavy (non-hydrogen) atoms. The third-order valence-electron chi connectivity index (χ3n) is 2.47. The van der Waals surface area contributed by atoms with Crippen molar-refractivity contribution in [1.29, 1.82) is 0 Å². The SMILES string of the molecule is CCSC(=O)[B-]12OC(=O)C[C+]1CC(=O)O2. The van der Waals surface area contributed by atoms with Crippen LogP contribution in [0.3, 0.4) is 0 Å². The van der Waals surface area contributed by atoms with Crippen molar-refractivity contribution in [1.82, 2.24) is 0 Å². The van der Waals surface area contributed by atoms with Crippen molar-refractivity contribution in [3.05, 3.63) is 5.82 Å². The first kappa shape index (κ1) is 10.4. The lowest BCUT2D eigenvalue weighted by atomic mass is 9.50. The van der Waals surface area contributed by atoms with Crippen molar-refractivity contribution in [3.63, 3.8) is 0 Å². The van der Waals surface area contributed by atoms with E-state index in [2.05, 4.69) is 0 Å². The molecule has 0 radical (unpaired) electrons. The molecule has 0 N–H and O–H groups in total. The van der Waals surface area contributed by atoms with E-state index < -0.39 is 18.5 Å². The van der Waals surface area contributed by atoms with E-state index in [1.165, 1.54) is 0 Å². The normalized spacial score (nSPS) is 22.3. The molecule has 0 saturated carbocycles. The summed E-state index contributed by atoms with van der Waals surface area (Å²) in [5.74, 6) is 0.0890. The Morgan fingerprint density at radius 3 is 2.40 bits per heavy atom. The van der Waals surface area contributed by atoms with Crippen molar-refractivity contribution in [2.24, 2.45) is 0 Å². The largest absolute Gasteiger partial charge is 0.633 e. The standard InChI is InChI=1S/C8H9BO5S/c1-2-15-8(12)9-5(3-6(10)13-9)4-7(11)14-9/h2-4H2,1H3. The van der Waals surface area contributed by atoms with Crippen LogP contribution in [0.4, 0.5) is 4.79 Å². The van der Waals surface area contributed by atoms with Gasteiger partial charge in [0.15, 0.2) is 5.01 Å². The van der Waals surface area contributed by atoms with Crippen LogP contribution < -0.4 is 0 Å². The average molecular weight is 228 g/mol. The van der Waals surface area contributed by atoms with E-state index in [1.807, 2.05) is 6.92 Å². The number of fused-ring (bicyclic) bond motifs is 1. The van der Waals surface area contributed by atoms with Crippen LogP contribution in [0.5, 0.6) is 0 Å². The molecule has 0 aromatic rings. The minimum absolute atomic E-state index is 0.0295. The molecule has 0 atom stereocenters. The fourth-order valence-electron chi connectivity index (χ4n) is 1.86. The Balaban J connectivity index is 2.26. The van der Waals surface area contributed by atoms with Crippen molar-refractivity contribution < 1.29 is 23.7 Å². The van der Waals surface area contributed by atoms with Crippen LogP contribution in [0.25, 0.3) is 0 Å². The summed E-state index contributed by atoms with van der Waals surface area (Å²) in [7, 11) is 0. The molecule has 2 aliphatic rings. The minimum Gasteiger partial charge on any atom is -0.607 e. The van der Waals surface area contributed by atoms with Gasteiger partial charge in [0.05, 0.1) is 0 Å². The van der Waals surface area contributed by atoms with Crippen molar-refractivity contribution in [2.45, 2.75) is 19.8 Å². The minimum atomic E-state index is -2.42. The topological polar surface area (TPSA) is 69.7 Å². The number of hydrogen-bond donors (Lipinski definition) is 0. The van der Waals surface area contributed by atoms with E-state index in [0.29, 0.717) is 11.6 Å². The fraction of sp³-hybridized carbons (Fsp3) is 0.500. The number of carbonyl (C=O) groups is 3. The molecular weight excluding hydrogens is 219 g/mol. The summed E-state index contributed by atoms with van der Waals surface area (Å²) in [4.78, 5) is 33.9. The Bertz CT molecular complexity index is 322. The summed E-state index contributed by atoms with van der Waals surface area (Å²) in [6.07, 6.45) is 0.0590. The molecule has 0 bridgehead atoms. The highest BCUT2D eigenvalue weighted by Crippen LogP contribution is 2.43. The van der Waals surface area contributed by atoms with E-state index in [4.69, 9.17) is 9.31 Å². The Morgan fingerprint density at radius 2 is 1.93 bits per heavy atom. The molecule has 5 nitrogen and oxygen atoms in total. The highest BCUT2D eigenvalue weighted by molar-refractivity contribution is 8.17. The fourth-order valence-corrected chi connectivity index (χ4v) is 2.63. The molecular formula is C8H9BO5S. The summed E-state index contributed by atoms with van der Waals surface area (Å²) in [6, 6.07) is 0. The van der Waals surface area contributed by atoms with Gasteiger partial charge in [0.25, 0.3) is 0 Å². The maximum absolute atomic E-state index is 11.8. The van der Waals surface area contributed by atoms with Gasteiger partial charge in [0.1, 0.15) is 12.8 Å².